The Morgan fingerprint density at radius 2 is 2.00 bits per heavy atom. The Hall–Kier alpha value is -0.0800. The van der Waals surface area contributed by atoms with Gasteiger partial charge in [-0.3, -0.25) is 0 Å². The van der Waals surface area contributed by atoms with Crippen LogP contribution < -0.4 is 0 Å². The fourth-order valence-electron chi connectivity index (χ4n) is 2.80. The van der Waals surface area contributed by atoms with Crippen molar-refractivity contribution in [2.24, 2.45) is 11.8 Å². The summed E-state index contributed by atoms with van der Waals surface area (Å²) in [6.45, 7) is 1.95. The number of rotatable bonds is 0. The molecule has 2 aliphatic rings. The van der Waals surface area contributed by atoms with Crippen LogP contribution in [0.5, 0.6) is 0 Å². The molecule has 2 rings (SSSR count). The van der Waals surface area contributed by atoms with E-state index in [-0.39, 0.29) is 6.10 Å². The van der Waals surface area contributed by atoms with Gasteiger partial charge in [-0.1, -0.05) is 0 Å². The molecular weight excluding hydrogens is 152 g/mol. The zero-order valence-electron chi connectivity index (χ0n) is 7.66. The SMILES string of the molecule is CC1(O)CCC2CC1CCC2O. The highest BCUT2D eigenvalue weighted by molar-refractivity contribution is 4.94. The molecule has 70 valence electrons. The van der Waals surface area contributed by atoms with Gasteiger partial charge in [0.1, 0.15) is 0 Å². The second-order valence-electron chi connectivity index (χ2n) is 4.73. The standard InChI is InChI=1S/C10H18O2/c1-10(12)5-4-7-6-8(10)2-3-9(7)11/h7-9,11-12H,2-6H2,1H3. The predicted octanol–water partition coefficient (Wildman–Crippen LogP) is 1.31. The summed E-state index contributed by atoms with van der Waals surface area (Å²) in [4.78, 5) is 0. The van der Waals surface area contributed by atoms with Crippen LogP contribution >= 0.6 is 0 Å². The van der Waals surface area contributed by atoms with Crippen molar-refractivity contribution in [1.82, 2.24) is 0 Å². The highest BCUT2D eigenvalue weighted by atomic mass is 16.3. The Morgan fingerprint density at radius 1 is 1.25 bits per heavy atom. The largest absolute Gasteiger partial charge is 0.393 e. The van der Waals surface area contributed by atoms with Crippen molar-refractivity contribution in [3.05, 3.63) is 0 Å². The summed E-state index contributed by atoms with van der Waals surface area (Å²) < 4.78 is 0. The Morgan fingerprint density at radius 3 is 2.75 bits per heavy atom. The molecule has 2 saturated carbocycles. The summed E-state index contributed by atoms with van der Waals surface area (Å²) in [6, 6.07) is 0. The molecule has 0 spiro atoms. The summed E-state index contributed by atoms with van der Waals surface area (Å²) in [5, 5.41) is 19.6. The average Bonchev–Trinajstić information content (AvgIpc) is 2.02. The van der Waals surface area contributed by atoms with Crippen molar-refractivity contribution in [1.29, 1.82) is 0 Å². The monoisotopic (exact) mass is 170 g/mol. The molecule has 0 radical (unpaired) electrons. The smallest absolute Gasteiger partial charge is 0.0648 e. The summed E-state index contributed by atoms with van der Waals surface area (Å²) >= 11 is 0. The van der Waals surface area contributed by atoms with Crippen LogP contribution in [0.1, 0.15) is 39.0 Å². The first-order valence-corrected chi connectivity index (χ1v) is 5.00. The van der Waals surface area contributed by atoms with Gasteiger partial charge in [0.15, 0.2) is 0 Å². The third kappa shape index (κ3) is 1.27. The van der Waals surface area contributed by atoms with E-state index in [4.69, 9.17) is 0 Å². The Labute approximate surface area is 73.6 Å². The van der Waals surface area contributed by atoms with E-state index in [0.29, 0.717) is 11.8 Å². The first-order chi connectivity index (χ1) is 5.59. The van der Waals surface area contributed by atoms with Crippen molar-refractivity contribution < 1.29 is 10.2 Å². The van der Waals surface area contributed by atoms with Gasteiger partial charge in [0.25, 0.3) is 0 Å². The maximum Gasteiger partial charge on any atom is 0.0648 e. The molecular formula is C10H18O2. The maximum atomic E-state index is 9.99. The lowest BCUT2D eigenvalue weighted by atomic mass is 9.64. The normalized spacial score (nSPS) is 53.8. The minimum atomic E-state index is -0.448. The fourth-order valence-corrected chi connectivity index (χ4v) is 2.80. The van der Waals surface area contributed by atoms with Crippen LogP contribution in [-0.4, -0.2) is 21.9 Å². The molecule has 2 fully saturated rings. The fraction of sp³-hybridized carbons (Fsp3) is 1.00. The topological polar surface area (TPSA) is 40.5 Å². The van der Waals surface area contributed by atoms with Crippen LogP contribution in [0.25, 0.3) is 0 Å². The molecule has 2 N–H and O–H groups in total. The first-order valence-electron chi connectivity index (χ1n) is 5.00. The molecule has 2 bridgehead atoms. The summed E-state index contributed by atoms with van der Waals surface area (Å²) in [7, 11) is 0. The van der Waals surface area contributed by atoms with Crippen molar-refractivity contribution in [3.8, 4) is 0 Å². The lowest BCUT2D eigenvalue weighted by molar-refractivity contribution is -0.0959. The van der Waals surface area contributed by atoms with Crippen molar-refractivity contribution in [2.75, 3.05) is 0 Å². The van der Waals surface area contributed by atoms with Gasteiger partial charge in [0, 0.05) is 0 Å². The quantitative estimate of drug-likeness (QED) is 0.575. The summed E-state index contributed by atoms with van der Waals surface area (Å²) in [5.74, 6) is 0.920. The van der Waals surface area contributed by atoms with Crippen molar-refractivity contribution in [2.45, 2.75) is 50.7 Å². The molecule has 0 aromatic rings. The Kier molecular flexibility index (Phi) is 1.92. The second-order valence-corrected chi connectivity index (χ2v) is 4.73. The summed E-state index contributed by atoms with van der Waals surface area (Å²) in [5.41, 5.74) is -0.448. The van der Waals surface area contributed by atoms with Crippen molar-refractivity contribution >= 4 is 0 Å². The average molecular weight is 170 g/mol. The lowest BCUT2D eigenvalue weighted by Crippen LogP contribution is -2.46. The van der Waals surface area contributed by atoms with Gasteiger partial charge in [-0.25, -0.2) is 0 Å². The third-order valence-electron chi connectivity index (χ3n) is 3.84. The maximum absolute atomic E-state index is 9.99. The minimum absolute atomic E-state index is 0.0858. The van der Waals surface area contributed by atoms with Crippen LogP contribution in [0.15, 0.2) is 0 Å². The van der Waals surface area contributed by atoms with Gasteiger partial charge in [-0.05, 0) is 50.9 Å². The van der Waals surface area contributed by atoms with E-state index in [2.05, 4.69) is 0 Å². The van der Waals surface area contributed by atoms with Crippen molar-refractivity contribution in [3.63, 3.8) is 0 Å². The zero-order chi connectivity index (χ0) is 8.77. The second kappa shape index (κ2) is 2.71. The molecule has 0 aliphatic heterocycles. The number of aliphatic hydroxyl groups is 2. The van der Waals surface area contributed by atoms with Gasteiger partial charge < -0.3 is 10.2 Å². The van der Waals surface area contributed by atoms with Crippen LogP contribution in [-0.2, 0) is 0 Å². The highest BCUT2D eigenvalue weighted by Gasteiger charge is 2.43. The Balaban J connectivity index is 2.09. The van der Waals surface area contributed by atoms with Gasteiger partial charge >= 0.3 is 0 Å². The van der Waals surface area contributed by atoms with E-state index in [1.165, 1.54) is 0 Å². The molecule has 4 unspecified atom stereocenters. The summed E-state index contributed by atoms with van der Waals surface area (Å²) in [6.07, 6.45) is 4.73. The number of hydrogen-bond acceptors (Lipinski definition) is 2. The highest BCUT2D eigenvalue weighted by Crippen LogP contribution is 2.45. The van der Waals surface area contributed by atoms with Gasteiger partial charge in [0.05, 0.1) is 11.7 Å². The van der Waals surface area contributed by atoms with Gasteiger partial charge in [-0.15, -0.1) is 0 Å². The molecule has 2 nitrogen and oxygen atoms in total. The van der Waals surface area contributed by atoms with Crippen LogP contribution in [0.2, 0.25) is 0 Å². The van der Waals surface area contributed by atoms with Gasteiger partial charge in [-0.2, -0.15) is 0 Å². The Bertz CT molecular complexity index is 177. The molecule has 12 heavy (non-hydrogen) atoms. The van der Waals surface area contributed by atoms with Crippen LogP contribution in [0.4, 0.5) is 0 Å². The van der Waals surface area contributed by atoms with E-state index in [0.717, 1.165) is 32.1 Å². The van der Waals surface area contributed by atoms with Gasteiger partial charge in [0.2, 0.25) is 0 Å². The van der Waals surface area contributed by atoms with Crippen LogP contribution in [0.3, 0.4) is 0 Å². The third-order valence-corrected chi connectivity index (χ3v) is 3.84. The van der Waals surface area contributed by atoms with E-state index < -0.39 is 5.60 Å². The lowest BCUT2D eigenvalue weighted by Gasteiger charge is -2.46. The zero-order valence-corrected chi connectivity index (χ0v) is 7.66. The molecule has 2 aliphatic carbocycles. The molecule has 0 amide bonds. The molecule has 4 atom stereocenters. The number of fused-ring (bicyclic) bond motifs is 2. The molecule has 0 aromatic carbocycles. The minimum Gasteiger partial charge on any atom is -0.393 e. The molecule has 0 aromatic heterocycles. The number of aliphatic hydroxyl groups excluding tert-OH is 1. The molecule has 2 heteroatoms. The molecule has 0 saturated heterocycles. The van der Waals surface area contributed by atoms with E-state index in [1.54, 1.807) is 0 Å². The van der Waals surface area contributed by atoms with E-state index in [9.17, 15) is 10.2 Å². The number of hydrogen-bond donors (Lipinski definition) is 2. The van der Waals surface area contributed by atoms with E-state index in [1.807, 2.05) is 6.92 Å². The van der Waals surface area contributed by atoms with E-state index >= 15 is 0 Å². The first kappa shape index (κ1) is 8.52. The predicted molar refractivity (Wildman–Crippen MR) is 46.7 cm³/mol. The molecule has 0 heterocycles. The van der Waals surface area contributed by atoms with Crippen LogP contribution in [0, 0.1) is 11.8 Å².